The van der Waals surface area contributed by atoms with Crippen molar-refractivity contribution in [3.05, 3.63) is 23.3 Å². The second-order valence-corrected chi connectivity index (χ2v) is 8.19. The Bertz CT molecular complexity index is 497. The number of hydrogen-bond donors (Lipinski definition) is 0. The van der Waals surface area contributed by atoms with Crippen molar-refractivity contribution in [2.24, 2.45) is 0 Å². The third kappa shape index (κ3) is 3.35. The van der Waals surface area contributed by atoms with Crippen LogP contribution in [-0.4, -0.2) is 14.1 Å². The summed E-state index contributed by atoms with van der Waals surface area (Å²) < 4.78 is 0. The molecule has 0 aromatic heterocycles. The number of anilines is 1. The van der Waals surface area contributed by atoms with Gasteiger partial charge in [-0.1, -0.05) is 44.6 Å². The normalized spacial score (nSPS) is 21.0. The maximum atomic E-state index is 3.05. The molecule has 22 heavy (non-hydrogen) atoms. The Morgan fingerprint density at radius 2 is 1.27 bits per heavy atom. The summed E-state index contributed by atoms with van der Waals surface area (Å²) in [5.74, 6) is 1.60. The second-order valence-electron chi connectivity index (χ2n) is 7.57. The standard InChI is InChI=1S/C20H32NP/c1-21(2)17-13-14-18(22)20(16-11-7-4-8-12-16)19(17)15-9-5-3-6-10-15/h13-16H,3-12,22H2,1-2H3. The van der Waals surface area contributed by atoms with Gasteiger partial charge in [0.25, 0.3) is 0 Å². The summed E-state index contributed by atoms with van der Waals surface area (Å²) >= 11 is 0. The quantitative estimate of drug-likeness (QED) is 0.679. The zero-order chi connectivity index (χ0) is 15.5. The number of rotatable bonds is 3. The lowest BCUT2D eigenvalue weighted by molar-refractivity contribution is 0.420. The van der Waals surface area contributed by atoms with Gasteiger partial charge in [-0.25, -0.2) is 0 Å². The van der Waals surface area contributed by atoms with Crippen LogP contribution >= 0.6 is 9.24 Å². The van der Waals surface area contributed by atoms with Crippen LogP contribution in [-0.2, 0) is 0 Å². The van der Waals surface area contributed by atoms with Crippen molar-refractivity contribution < 1.29 is 0 Å². The van der Waals surface area contributed by atoms with E-state index in [1.165, 1.54) is 75.2 Å². The first-order chi connectivity index (χ1) is 10.7. The molecule has 0 aliphatic heterocycles. The molecule has 0 amide bonds. The topological polar surface area (TPSA) is 3.24 Å². The molecule has 1 nitrogen and oxygen atoms in total. The minimum absolute atomic E-state index is 0.795. The zero-order valence-electron chi connectivity index (χ0n) is 14.4. The molecule has 2 heteroatoms. The molecule has 3 rings (SSSR count). The minimum atomic E-state index is 0.795. The molecule has 2 fully saturated rings. The molecule has 1 atom stereocenters. The highest BCUT2D eigenvalue weighted by Crippen LogP contribution is 2.44. The van der Waals surface area contributed by atoms with Crippen molar-refractivity contribution in [2.75, 3.05) is 19.0 Å². The van der Waals surface area contributed by atoms with Crippen LogP contribution in [0.3, 0.4) is 0 Å². The average Bonchev–Trinajstić information content (AvgIpc) is 2.56. The van der Waals surface area contributed by atoms with Gasteiger partial charge in [-0.3, -0.25) is 0 Å². The van der Waals surface area contributed by atoms with Gasteiger partial charge in [0.2, 0.25) is 0 Å². The summed E-state index contributed by atoms with van der Waals surface area (Å²) in [7, 11) is 7.48. The van der Waals surface area contributed by atoms with Gasteiger partial charge in [0.05, 0.1) is 0 Å². The molecule has 122 valence electrons. The minimum Gasteiger partial charge on any atom is -0.377 e. The zero-order valence-corrected chi connectivity index (χ0v) is 15.6. The highest BCUT2D eigenvalue weighted by Gasteiger charge is 2.28. The average molecular weight is 317 g/mol. The molecule has 1 unspecified atom stereocenters. The lowest BCUT2D eigenvalue weighted by Gasteiger charge is -2.34. The third-order valence-corrected chi connectivity index (χ3v) is 6.31. The molecule has 2 saturated carbocycles. The first kappa shape index (κ1) is 16.3. The van der Waals surface area contributed by atoms with Gasteiger partial charge in [-0.15, -0.1) is 9.24 Å². The second kappa shape index (κ2) is 7.35. The molecule has 0 heterocycles. The maximum absolute atomic E-state index is 3.05. The van der Waals surface area contributed by atoms with Crippen LogP contribution in [0.25, 0.3) is 0 Å². The van der Waals surface area contributed by atoms with E-state index in [9.17, 15) is 0 Å². The van der Waals surface area contributed by atoms with E-state index >= 15 is 0 Å². The lowest BCUT2D eigenvalue weighted by Crippen LogP contribution is -2.22. The smallest absolute Gasteiger partial charge is 0.0399 e. The first-order valence-corrected chi connectivity index (χ1v) is 9.86. The molecule has 2 aliphatic rings. The predicted octanol–water partition coefficient (Wildman–Crippen LogP) is 5.35. The largest absolute Gasteiger partial charge is 0.377 e. The van der Waals surface area contributed by atoms with Crippen molar-refractivity contribution in [3.8, 4) is 0 Å². The van der Waals surface area contributed by atoms with Crippen LogP contribution in [0.15, 0.2) is 12.1 Å². The molecular weight excluding hydrogens is 285 g/mol. The maximum Gasteiger partial charge on any atom is 0.0399 e. The SMILES string of the molecule is CN(C)c1ccc(P)c(C2CCCCC2)c1C1CCCCC1. The van der Waals surface area contributed by atoms with Gasteiger partial charge < -0.3 is 4.90 Å². The van der Waals surface area contributed by atoms with E-state index in [1.54, 1.807) is 11.1 Å². The van der Waals surface area contributed by atoms with E-state index in [0.29, 0.717) is 0 Å². The lowest BCUT2D eigenvalue weighted by atomic mass is 9.75. The van der Waals surface area contributed by atoms with Crippen LogP contribution < -0.4 is 10.2 Å². The number of nitrogens with zero attached hydrogens (tertiary/aromatic N) is 1. The van der Waals surface area contributed by atoms with Crippen molar-refractivity contribution in [2.45, 2.75) is 76.0 Å². The number of benzene rings is 1. The molecule has 0 bridgehead atoms. The van der Waals surface area contributed by atoms with Gasteiger partial charge >= 0.3 is 0 Å². The Morgan fingerprint density at radius 1 is 0.773 bits per heavy atom. The van der Waals surface area contributed by atoms with E-state index in [1.807, 2.05) is 0 Å². The van der Waals surface area contributed by atoms with Crippen molar-refractivity contribution in [1.29, 1.82) is 0 Å². The van der Waals surface area contributed by atoms with Crippen LogP contribution in [0.5, 0.6) is 0 Å². The Labute approximate surface area is 139 Å². The summed E-state index contributed by atoms with van der Waals surface area (Å²) in [5.41, 5.74) is 4.91. The highest BCUT2D eigenvalue weighted by atomic mass is 31.0. The van der Waals surface area contributed by atoms with Crippen molar-refractivity contribution in [1.82, 2.24) is 0 Å². The molecule has 2 aliphatic carbocycles. The molecule has 1 aromatic rings. The predicted molar refractivity (Wildman–Crippen MR) is 102 cm³/mol. The van der Waals surface area contributed by atoms with E-state index in [-0.39, 0.29) is 0 Å². The summed E-state index contributed by atoms with van der Waals surface area (Å²) in [6.45, 7) is 0. The van der Waals surface area contributed by atoms with E-state index in [0.717, 1.165) is 11.8 Å². The van der Waals surface area contributed by atoms with Gasteiger partial charge in [0.1, 0.15) is 0 Å². The fraction of sp³-hybridized carbons (Fsp3) is 0.700. The van der Waals surface area contributed by atoms with Crippen LogP contribution in [0, 0.1) is 0 Å². The van der Waals surface area contributed by atoms with Gasteiger partial charge in [-0.05, 0) is 60.0 Å². The van der Waals surface area contributed by atoms with Crippen molar-refractivity contribution in [3.63, 3.8) is 0 Å². The highest BCUT2D eigenvalue weighted by molar-refractivity contribution is 7.27. The van der Waals surface area contributed by atoms with E-state index in [2.05, 4.69) is 40.4 Å². The molecule has 0 saturated heterocycles. The molecular formula is C20H32NP. The summed E-state index contributed by atoms with van der Waals surface area (Å²) in [6, 6.07) is 4.70. The summed E-state index contributed by atoms with van der Waals surface area (Å²) in [6.07, 6.45) is 14.2. The Hall–Kier alpha value is -0.550. The third-order valence-electron chi connectivity index (χ3n) is 5.81. The fourth-order valence-corrected chi connectivity index (χ4v) is 5.19. The summed E-state index contributed by atoms with van der Waals surface area (Å²) in [4.78, 5) is 2.35. The van der Waals surface area contributed by atoms with Crippen molar-refractivity contribution >= 4 is 20.2 Å². The molecule has 0 radical (unpaired) electrons. The Morgan fingerprint density at radius 3 is 1.77 bits per heavy atom. The molecule has 0 spiro atoms. The molecule has 0 N–H and O–H groups in total. The van der Waals surface area contributed by atoms with Crippen LogP contribution in [0.4, 0.5) is 5.69 Å². The Kier molecular flexibility index (Phi) is 5.45. The monoisotopic (exact) mass is 317 g/mol. The Balaban J connectivity index is 2.06. The van der Waals surface area contributed by atoms with E-state index in [4.69, 9.17) is 0 Å². The van der Waals surface area contributed by atoms with Gasteiger partial charge in [0.15, 0.2) is 0 Å². The van der Waals surface area contributed by atoms with Crippen LogP contribution in [0.1, 0.15) is 87.2 Å². The van der Waals surface area contributed by atoms with Crippen LogP contribution in [0.2, 0.25) is 0 Å². The fourth-order valence-electron chi connectivity index (χ4n) is 4.70. The van der Waals surface area contributed by atoms with E-state index < -0.39 is 0 Å². The van der Waals surface area contributed by atoms with Gasteiger partial charge in [0, 0.05) is 19.8 Å². The number of hydrogen-bond acceptors (Lipinski definition) is 1. The van der Waals surface area contributed by atoms with Gasteiger partial charge in [-0.2, -0.15) is 0 Å². The molecule has 1 aromatic carbocycles. The summed E-state index contributed by atoms with van der Waals surface area (Å²) in [5, 5.41) is 1.47. The first-order valence-electron chi connectivity index (χ1n) is 9.28.